The number of esters is 2. The van der Waals surface area contributed by atoms with Gasteiger partial charge in [0.05, 0.1) is 12.2 Å². The Balaban J connectivity index is 1.53. The number of carboxylic acids is 1. The summed E-state index contributed by atoms with van der Waals surface area (Å²) in [5.41, 5.74) is 2.62. The van der Waals surface area contributed by atoms with E-state index in [0.29, 0.717) is 11.8 Å². The van der Waals surface area contributed by atoms with Crippen LogP contribution in [0.4, 0.5) is 0 Å². The van der Waals surface area contributed by atoms with E-state index < -0.39 is 23.7 Å². The summed E-state index contributed by atoms with van der Waals surface area (Å²) >= 11 is 0. The molecule has 0 spiro atoms. The first-order valence-electron chi connectivity index (χ1n) is 11.9. The number of aliphatic carboxylic acids is 1. The van der Waals surface area contributed by atoms with Crippen LogP contribution >= 0.6 is 0 Å². The fourth-order valence-corrected chi connectivity index (χ4v) is 4.89. The van der Waals surface area contributed by atoms with Crippen molar-refractivity contribution in [2.75, 3.05) is 0 Å². The van der Waals surface area contributed by atoms with E-state index in [1.165, 1.54) is 24.5 Å². The van der Waals surface area contributed by atoms with E-state index in [-0.39, 0.29) is 24.4 Å². The average Bonchev–Trinajstić information content (AvgIpc) is 3.42. The predicted octanol–water partition coefficient (Wildman–Crippen LogP) is 4.95. The highest BCUT2D eigenvalue weighted by molar-refractivity contribution is 5.88. The van der Waals surface area contributed by atoms with Crippen molar-refractivity contribution in [3.05, 3.63) is 59.6 Å². The minimum Gasteiger partial charge on any atom is -0.475 e. The van der Waals surface area contributed by atoms with Crippen LogP contribution in [0.3, 0.4) is 0 Å². The fourth-order valence-electron chi connectivity index (χ4n) is 4.89. The zero-order valence-corrected chi connectivity index (χ0v) is 20.0. The second-order valence-electron chi connectivity index (χ2n) is 9.19. The Morgan fingerprint density at radius 2 is 1.76 bits per heavy atom. The average molecular weight is 471 g/mol. The molecule has 1 saturated heterocycles. The smallest absolute Gasteiger partial charge is 0.375 e. The van der Waals surface area contributed by atoms with Gasteiger partial charge in [0.15, 0.2) is 5.76 Å². The summed E-state index contributed by atoms with van der Waals surface area (Å²) in [5.74, 6) is -2.86. The first-order chi connectivity index (χ1) is 16.2. The summed E-state index contributed by atoms with van der Waals surface area (Å²) in [4.78, 5) is 34.3. The zero-order chi connectivity index (χ0) is 24.7. The van der Waals surface area contributed by atoms with Gasteiger partial charge < -0.3 is 19.3 Å². The number of ether oxygens (including phenoxy) is 3. The molecule has 0 bridgehead atoms. The molecule has 2 aliphatic rings. The van der Waals surface area contributed by atoms with Crippen molar-refractivity contribution >= 4 is 17.9 Å². The molecule has 2 fully saturated rings. The van der Waals surface area contributed by atoms with E-state index in [0.717, 1.165) is 45.4 Å². The maximum absolute atomic E-state index is 11.5. The number of carbonyl (C=O) groups is 3. The first kappa shape index (κ1) is 25.7. The topological polar surface area (TPSA) is 102 Å². The Morgan fingerprint density at radius 1 is 1.06 bits per heavy atom. The Kier molecular flexibility index (Phi) is 9.05. The third kappa shape index (κ3) is 7.55. The lowest BCUT2D eigenvalue weighted by atomic mass is 9.85. The van der Waals surface area contributed by atoms with Gasteiger partial charge in [0.25, 0.3) is 5.76 Å². The lowest BCUT2D eigenvalue weighted by molar-refractivity contribution is -0.148. The van der Waals surface area contributed by atoms with E-state index >= 15 is 0 Å². The second-order valence-corrected chi connectivity index (χ2v) is 9.19. The number of epoxide rings is 1. The quantitative estimate of drug-likeness (QED) is 0.115. The number of aryl methyl sites for hydroxylation is 1. The van der Waals surface area contributed by atoms with Gasteiger partial charge in [-0.05, 0) is 55.9 Å². The van der Waals surface area contributed by atoms with Gasteiger partial charge in [0.2, 0.25) is 0 Å². The van der Waals surface area contributed by atoms with Crippen molar-refractivity contribution < 1.29 is 33.7 Å². The van der Waals surface area contributed by atoms with Gasteiger partial charge in [0.1, 0.15) is 0 Å². The standard InChI is InChI=1S/C27H34O7/c1-17-13-14-21(12-8-7-11-20-9-5-4-6-10-20)22(17)15-23-24(34-23)16-25(32-18(2)28)26(27(30)31)33-19(3)29/h4-6,9-10,21-24H,1,7-8,11-16H2,2-3H3,(H,30,31)/t21-,22-,23+,24?/m0/s1. The van der Waals surface area contributed by atoms with Crippen LogP contribution in [-0.2, 0) is 35.0 Å². The van der Waals surface area contributed by atoms with Gasteiger partial charge in [-0.25, -0.2) is 4.79 Å². The summed E-state index contributed by atoms with van der Waals surface area (Å²) in [6, 6.07) is 10.5. The van der Waals surface area contributed by atoms with Gasteiger partial charge in [-0.1, -0.05) is 48.9 Å². The van der Waals surface area contributed by atoms with E-state index in [1.807, 2.05) is 6.07 Å². The van der Waals surface area contributed by atoms with Crippen molar-refractivity contribution in [2.24, 2.45) is 11.8 Å². The number of hydrogen-bond acceptors (Lipinski definition) is 6. The molecule has 184 valence electrons. The van der Waals surface area contributed by atoms with Crippen molar-refractivity contribution in [3.8, 4) is 0 Å². The van der Waals surface area contributed by atoms with E-state index in [1.54, 1.807) is 0 Å². The minimum atomic E-state index is -1.47. The SMILES string of the molecule is C=C1CC[C@H](CCCCc2ccccc2)[C@H]1C[C@H]1OC1CC(OC(C)=O)=C(OC(C)=O)C(=O)O. The molecule has 34 heavy (non-hydrogen) atoms. The zero-order valence-electron chi connectivity index (χ0n) is 20.0. The molecule has 7 heteroatoms. The summed E-state index contributed by atoms with van der Waals surface area (Å²) in [5, 5.41) is 9.40. The Labute approximate surface area is 200 Å². The number of carboxylic acid groups (broad SMARTS) is 1. The molecule has 0 radical (unpaired) electrons. The maximum atomic E-state index is 11.5. The first-order valence-corrected chi connectivity index (χ1v) is 11.9. The highest BCUT2D eigenvalue weighted by atomic mass is 16.6. The van der Waals surface area contributed by atoms with Crippen LogP contribution in [0.5, 0.6) is 0 Å². The molecule has 1 saturated carbocycles. The van der Waals surface area contributed by atoms with Crippen LogP contribution in [0.1, 0.15) is 64.4 Å². The van der Waals surface area contributed by atoms with Gasteiger partial charge in [-0.2, -0.15) is 0 Å². The van der Waals surface area contributed by atoms with E-state index in [9.17, 15) is 19.5 Å². The van der Waals surface area contributed by atoms with E-state index in [4.69, 9.17) is 14.2 Å². The third-order valence-corrected chi connectivity index (χ3v) is 6.58. The van der Waals surface area contributed by atoms with Crippen LogP contribution in [0.25, 0.3) is 0 Å². The van der Waals surface area contributed by atoms with Gasteiger partial charge in [-0.3, -0.25) is 9.59 Å². The molecule has 1 heterocycles. The molecular weight excluding hydrogens is 436 g/mol. The number of benzene rings is 1. The summed E-state index contributed by atoms with van der Waals surface area (Å²) in [7, 11) is 0. The van der Waals surface area contributed by atoms with Gasteiger partial charge in [-0.15, -0.1) is 0 Å². The Morgan fingerprint density at radius 3 is 2.41 bits per heavy atom. The number of carbonyl (C=O) groups excluding carboxylic acids is 2. The molecule has 0 aromatic heterocycles. The molecule has 3 rings (SSSR count). The summed E-state index contributed by atoms with van der Waals surface area (Å²) in [6.07, 6.45) is 7.26. The molecule has 1 aliphatic heterocycles. The molecule has 1 unspecified atom stereocenters. The minimum absolute atomic E-state index is 0.0557. The van der Waals surface area contributed by atoms with Crippen molar-refractivity contribution in [2.45, 2.75) is 77.4 Å². The van der Waals surface area contributed by atoms with Crippen molar-refractivity contribution in [1.29, 1.82) is 0 Å². The molecule has 7 nitrogen and oxygen atoms in total. The number of unbranched alkanes of at least 4 members (excludes halogenated alkanes) is 1. The number of hydrogen-bond donors (Lipinski definition) is 1. The van der Waals surface area contributed by atoms with Gasteiger partial charge in [0, 0.05) is 20.3 Å². The molecule has 1 aliphatic carbocycles. The number of rotatable bonds is 12. The van der Waals surface area contributed by atoms with Crippen LogP contribution in [0, 0.1) is 11.8 Å². The molecule has 1 aromatic rings. The van der Waals surface area contributed by atoms with Crippen LogP contribution < -0.4 is 0 Å². The van der Waals surface area contributed by atoms with Gasteiger partial charge >= 0.3 is 17.9 Å². The highest BCUT2D eigenvalue weighted by Gasteiger charge is 2.45. The maximum Gasteiger partial charge on any atom is 0.375 e. The predicted molar refractivity (Wildman–Crippen MR) is 125 cm³/mol. The lowest BCUT2D eigenvalue weighted by Gasteiger charge is -2.20. The molecule has 1 N–H and O–H groups in total. The Bertz CT molecular complexity index is 934. The highest BCUT2D eigenvalue weighted by Crippen LogP contribution is 2.45. The Hall–Kier alpha value is -2.93. The van der Waals surface area contributed by atoms with Crippen LogP contribution in [0.15, 0.2) is 54.0 Å². The van der Waals surface area contributed by atoms with Crippen molar-refractivity contribution in [3.63, 3.8) is 0 Å². The molecule has 4 atom stereocenters. The number of allylic oxidation sites excluding steroid dienone is 1. The fraction of sp³-hybridized carbons (Fsp3) is 0.519. The normalized spacial score (nSPS) is 24.4. The van der Waals surface area contributed by atoms with Crippen LogP contribution in [-0.4, -0.2) is 35.2 Å². The van der Waals surface area contributed by atoms with Crippen LogP contribution in [0.2, 0.25) is 0 Å². The lowest BCUT2D eigenvalue weighted by Crippen LogP contribution is -2.17. The molecule has 0 amide bonds. The van der Waals surface area contributed by atoms with Crippen molar-refractivity contribution in [1.82, 2.24) is 0 Å². The molecular formula is C27H34O7. The monoisotopic (exact) mass is 470 g/mol. The van der Waals surface area contributed by atoms with E-state index in [2.05, 4.69) is 30.8 Å². The summed E-state index contributed by atoms with van der Waals surface area (Å²) < 4.78 is 15.7. The summed E-state index contributed by atoms with van der Waals surface area (Å²) in [6.45, 7) is 6.55. The molecule has 1 aromatic carbocycles. The largest absolute Gasteiger partial charge is 0.475 e. The third-order valence-electron chi connectivity index (χ3n) is 6.58. The second kappa shape index (κ2) is 12.0.